The Morgan fingerprint density at radius 1 is 1.04 bits per heavy atom. The monoisotopic (exact) mass is 352 g/mol. The Kier molecular flexibility index (Phi) is 5.57. The number of piperazine rings is 1. The zero-order valence-corrected chi connectivity index (χ0v) is 15.9. The molecule has 1 N–H and O–H groups in total. The van der Waals surface area contributed by atoms with E-state index in [1.54, 1.807) is 6.20 Å². The molecule has 1 aromatic carbocycles. The summed E-state index contributed by atoms with van der Waals surface area (Å²) < 4.78 is 0. The van der Waals surface area contributed by atoms with Crippen LogP contribution in [-0.2, 0) is 6.54 Å². The van der Waals surface area contributed by atoms with Gasteiger partial charge in [0.05, 0.1) is 11.9 Å². The average molecular weight is 352 g/mol. The van der Waals surface area contributed by atoms with Gasteiger partial charge in [0.2, 0.25) is 0 Å². The Morgan fingerprint density at radius 2 is 1.73 bits per heavy atom. The molecule has 3 rings (SSSR count). The summed E-state index contributed by atoms with van der Waals surface area (Å²) in [5, 5.41) is 3.36. The quantitative estimate of drug-likeness (QED) is 0.918. The van der Waals surface area contributed by atoms with Crippen molar-refractivity contribution in [1.82, 2.24) is 14.8 Å². The highest BCUT2D eigenvalue weighted by Crippen LogP contribution is 2.15. The first-order valence-electron chi connectivity index (χ1n) is 9.20. The minimum absolute atomic E-state index is 0.0201. The maximum absolute atomic E-state index is 12.7. The molecule has 5 nitrogen and oxygen atoms in total. The summed E-state index contributed by atoms with van der Waals surface area (Å²) in [6.07, 6.45) is 1.74. The smallest absolute Gasteiger partial charge is 0.272 e. The average Bonchev–Trinajstić information content (AvgIpc) is 2.62. The van der Waals surface area contributed by atoms with E-state index < -0.39 is 0 Å². The number of nitrogens with one attached hydrogen (secondary N) is 1. The third kappa shape index (κ3) is 5.05. The van der Waals surface area contributed by atoms with E-state index >= 15 is 0 Å². The van der Waals surface area contributed by atoms with Crippen molar-refractivity contribution in [3.05, 3.63) is 59.9 Å². The highest BCUT2D eigenvalue weighted by atomic mass is 16.2. The first-order valence-corrected chi connectivity index (χ1v) is 9.20. The predicted octanol–water partition coefficient (Wildman–Crippen LogP) is 3.25. The Hall–Kier alpha value is -2.40. The standard InChI is InChI=1S/C21H28N4O/c1-21(2,3)23-18-9-10-19(22-15-18)20(26)25-13-11-24(12-14-25)16-17-7-5-4-6-8-17/h4-10,15,23H,11-14,16H2,1-3H3. The zero-order valence-electron chi connectivity index (χ0n) is 15.9. The van der Waals surface area contributed by atoms with E-state index in [9.17, 15) is 4.79 Å². The van der Waals surface area contributed by atoms with E-state index in [-0.39, 0.29) is 11.4 Å². The summed E-state index contributed by atoms with van der Waals surface area (Å²) in [6.45, 7) is 10.5. The molecule has 1 aromatic heterocycles. The molecule has 0 unspecified atom stereocenters. The van der Waals surface area contributed by atoms with Crippen molar-refractivity contribution in [2.24, 2.45) is 0 Å². The molecule has 1 aliphatic rings. The van der Waals surface area contributed by atoms with Crippen molar-refractivity contribution in [3.63, 3.8) is 0 Å². The van der Waals surface area contributed by atoms with Crippen molar-refractivity contribution in [2.45, 2.75) is 32.9 Å². The first kappa shape index (κ1) is 18.4. The molecule has 26 heavy (non-hydrogen) atoms. The highest BCUT2D eigenvalue weighted by Gasteiger charge is 2.23. The lowest BCUT2D eigenvalue weighted by Gasteiger charge is -2.34. The molecular formula is C21H28N4O. The van der Waals surface area contributed by atoms with Crippen LogP contribution in [0.4, 0.5) is 5.69 Å². The molecule has 0 bridgehead atoms. The third-order valence-electron chi connectivity index (χ3n) is 4.41. The zero-order chi connectivity index (χ0) is 18.6. The molecule has 1 amide bonds. The van der Waals surface area contributed by atoms with Crippen LogP contribution in [0.15, 0.2) is 48.7 Å². The molecule has 0 radical (unpaired) electrons. The molecule has 2 aromatic rings. The topological polar surface area (TPSA) is 48.5 Å². The molecule has 1 fully saturated rings. The number of hydrogen-bond donors (Lipinski definition) is 1. The number of rotatable bonds is 4. The number of aromatic nitrogens is 1. The van der Waals surface area contributed by atoms with Crippen LogP contribution in [-0.4, -0.2) is 52.4 Å². The molecule has 1 aliphatic heterocycles. The van der Waals surface area contributed by atoms with Gasteiger partial charge >= 0.3 is 0 Å². The fourth-order valence-electron chi connectivity index (χ4n) is 3.14. The summed E-state index contributed by atoms with van der Waals surface area (Å²) in [5.74, 6) is 0.0201. The minimum Gasteiger partial charge on any atom is -0.379 e. The fraction of sp³-hybridized carbons (Fsp3) is 0.429. The first-order chi connectivity index (χ1) is 12.4. The van der Waals surface area contributed by atoms with E-state index in [1.807, 2.05) is 23.1 Å². The van der Waals surface area contributed by atoms with Crippen LogP contribution < -0.4 is 5.32 Å². The fourth-order valence-corrected chi connectivity index (χ4v) is 3.14. The molecule has 5 heteroatoms. The van der Waals surface area contributed by atoms with Crippen molar-refractivity contribution in [2.75, 3.05) is 31.5 Å². The summed E-state index contributed by atoms with van der Waals surface area (Å²) in [6, 6.07) is 14.2. The van der Waals surface area contributed by atoms with Crippen LogP contribution in [0.1, 0.15) is 36.8 Å². The van der Waals surface area contributed by atoms with Crippen LogP contribution >= 0.6 is 0 Å². The van der Waals surface area contributed by atoms with Gasteiger partial charge in [-0.15, -0.1) is 0 Å². The third-order valence-corrected chi connectivity index (χ3v) is 4.41. The number of pyridine rings is 1. The Labute approximate surface area is 156 Å². The lowest BCUT2D eigenvalue weighted by Crippen LogP contribution is -2.48. The second kappa shape index (κ2) is 7.87. The van der Waals surface area contributed by atoms with Crippen molar-refractivity contribution in [3.8, 4) is 0 Å². The SMILES string of the molecule is CC(C)(C)Nc1ccc(C(=O)N2CCN(Cc3ccccc3)CC2)nc1. The summed E-state index contributed by atoms with van der Waals surface area (Å²) >= 11 is 0. The van der Waals surface area contributed by atoms with Gasteiger partial charge in [0.15, 0.2) is 0 Å². The number of benzene rings is 1. The van der Waals surface area contributed by atoms with Gasteiger partial charge < -0.3 is 10.2 Å². The Bertz CT molecular complexity index is 714. The molecule has 0 atom stereocenters. The minimum atomic E-state index is -0.0255. The molecule has 0 saturated carbocycles. The van der Waals surface area contributed by atoms with E-state index in [1.165, 1.54) is 5.56 Å². The van der Waals surface area contributed by atoms with Gasteiger partial charge in [0.1, 0.15) is 5.69 Å². The number of nitrogens with zero attached hydrogens (tertiary/aromatic N) is 3. The van der Waals surface area contributed by atoms with Gasteiger partial charge in [0.25, 0.3) is 5.91 Å². The van der Waals surface area contributed by atoms with Crippen LogP contribution in [0, 0.1) is 0 Å². The molecule has 138 valence electrons. The normalized spacial score (nSPS) is 15.7. The summed E-state index contributed by atoms with van der Waals surface area (Å²) in [4.78, 5) is 21.3. The second-order valence-corrected chi connectivity index (χ2v) is 7.86. The Balaban J connectivity index is 1.53. The lowest BCUT2D eigenvalue weighted by molar-refractivity contribution is 0.0623. The molecule has 1 saturated heterocycles. The summed E-state index contributed by atoms with van der Waals surface area (Å²) in [7, 11) is 0. The van der Waals surface area contributed by atoms with Crippen LogP contribution in [0.5, 0.6) is 0 Å². The summed E-state index contributed by atoms with van der Waals surface area (Å²) in [5.41, 5.74) is 2.74. The highest BCUT2D eigenvalue weighted by molar-refractivity contribution is 5.92. The van der Waals surface area contributed by atoms with Crippen LogP contribution in [0.25, 0.3) is 0 Å². The van der Waals surface area contributed by atoms with Crippen molar-refractivity contribution in [1.29, 1.82) is 0 Å². The van der Waals surface area contributed by atoms with Gasteiger partial charge in [-0.25, -0.2) is 4.98 Å². The molecule has 0 spiro atoms. The van der Waals surface area contributed by atoms with Gasteiger partial charge in [-0.3, -0.25) is 9.69 Å². The predicted molar refractivity (Wildman–Crippen MR) is 105 cm³/mol. The Morgan fingerprint density at radius 3 is 2.31 bits per heavy atom. The van der Waals surface area contributed by atoms with Gasteiger partial charge in [-0.05, 0) is 38.5 Å². The maximum Gasteiger partial charge on any atom is 0.272 e. The molecule has 0 aliphatic carbocycles. The molecule has 2 heterocycles. The van der Waals surface area contributed by atoms with E-state index in [0.717, 1.165) is 38.4 Å². The van der Waals surface area contributed by atoms with Crippen LogP contribution in [0.2, 0.25) is 0 Å². The van der Waals surface area contributed by atoms with E-state index in [0.29, 0.717) is 5.69 Å². The van der Waals surface area contributed by atoms with Gasteiger partial charge in [-0.1, -0.05) is 30.3 Å². The number of carbonyl (C=O) groups is 1. The van der Waals surface area contributed by atoms with Crippen LogP contribution in [0.3, 0.4) is 0 Å². The van der Waals surface area contributed by atoms with Gasteiger partial charge in [-0.2, -0.15) is 0 Å². The lowest BCUT2D eigenvalue weighted by atomic mass is 10.1. The number of amides is 1. The van der Waals surface area contributed by atoms with E-state index in [2.05, 4.69) is 60.2 Å². The molecular weight excluding hydrogens is 324 g/mol. The van der Waals surface area contributed by atoms with Crippen molar-refractivity contribution >= 4 is 11.6 Å². The van der Waals surface area contributed by atoms with Gasteiger partial charge in [0, 0.05) is 38.3 Å². The largest absolute Gasteiger partial charge is 0.379 e. The number of anilines is 1. The van der Waals surface area contributed by atoms with Crippen molar-refractivity contribution < 1.29 is 4.79 Å². The maximum atomic E-state index is 12.7. The van der Waals surface area contributed by atoms with E-state index in [4.69, 9.17) is 0 Å². The number of carbonyl (C=O) groups excluding carboxylic acids is 1. The number of hydrogen-bond acceptors (Lipinski definition) is 4. The second-order valence-electron chi connectivity index (χ2n) is 7.86.